The molecule has 1 aromatic carbocycles. The molecule has 0 atom stereocenters. The Morgan fingerprint density at radius 3 is 2.59 bits per heavy atom. The highest BCUT2D eigenvalue weighted by atomic mass is 32.2. The van der Waals surface area contributed by atoms with Crippen LogP contribution in [0.15, 0.2) is 34.6 Å². The van der Waals surface area contributed by atoms with Crippen molar-refractivity contribution in [3.63, 3.8) is 0 Å². The molecule has 8 heteroatoms. The number of carbonyl (C=O) groups excluding carboxylic acids is 1. The number of nitrogens with zero attached hydrogens (tertiary/aromatic N) is 1. The molecule has 3 nitrogen and oxygen atoms in total. The minimum atomic E-state index is -0.894. The van der Waals surface area contributed by atoms with Gasteiger partial charge in [0.2, 0.25) is 0 Å². The molecule has 1 aliphatic heterocycles. The quantitative estimate of drug-likeness (QED) is 0.386. The van der Waals surface area contributed by atoms with Crippen LogP contribution in [0.25, 0.3) is 17.2 Å². The van der Waals surface area contributed by atoms with E-state index in [1.54, 1.807) is 12.1 Å². The number of amides is 1. The van der Waals surface area contributed by atoms with E-state index in [9.17, 15) is 13.6 Å². The summed E-state index contributed by atoms with van der Waals surface area (Å²) in [5, 5.41) is 2.73. The normalized spacial score (nSPS) is 16.9. The maximum absolute atomic E-state index is 13.3. The van der Waals surface area contributed by atoms with Crippen molar-refractivity contribution in [3.8, 4) is 11.1 Å². The molecule has 1 amide bonds. The van der Waals surface area contributed by atoms with Crippen LogP contribution in [-0.4, -0.2) is 15.2 Å². The van der Waals surface area contributed by atoms with Crippen molar-refractivity contribution in [1.82, 2.24) is 5.01 Å². The number of carbonyl (C=O) groups is 1. The molecule has 0 radical (unpaired) electrons. The van der Waals surface area contributed by atoms with Gasteiger partial charge in [0.05, 0.1) is 4.91 Å². The second-order valence-corrected chi connectivity index (χ2v) is 7.04. The Morgan fingerprint density at radius 2 is 1.95 bits per heavy atom. The van der Waals surface area contributed by atoms with E-state index in [1.807, 2.05) is 5.38 Å². The van der Waals surface area contributed by atoms with Gasteiger partial charge >= 0.3 is 0 Å². The van der Waals surface area contributed by atoms with E-state index in [4.69, 9.17) is 18.1 Å². The van der Waals surface area contributed by atoms with E-state index in [2.05, 4.69) is 0 Å². The molecule has 0 bridgehead atoms. The van der Waals surface area contributed by atoms with Gasteiger partial charge in [-0.25, -0.2) is 19.6 Å². The highest BCUT2D eigenvalue weighted by Crippen LogP contribution is 2.33. The van der Waals surface area contributed by atoms with Gasteiger partial charge in [0.1, 0.15) is 0 Å². The van der Waals surface area contributed by atoms with Crippen molar-refractivity contribution in [2.75, 3.05) is 0 Å². The van der Waals surface area contributed by atoms with Crippen LogP contribution in [0.5, 0.6) is 0 Å². The first-order chi connectivity index (χ1) is 10.5. The lowest BCUT2D eigenvalue weighted by molar-refractivity contribution is -0.122. The van der Waals surface area contributed by atoms with Crippen LogP contribution in [0.1, 0.15) is 4.88 Å². The van der Waals surface area contributed by atoms with Gasteiger partial charge in [-0.1, -0.05) is 30.0 Å². The fourth-order valence-corrected chi connectivity index (χ4v) is 3.88. The lowest BCUT2D eigenvalue weighted by Crippen LogP contribution is -2.34. The Bertz CT molecular complexity index is 816. The number of rotatable bonds is 2. The third-order valence-corrected chi connectivity index (χ3v) is 5.18. The first-order valence-corrected chi connectivity index (χ1v) is 8.13. The van der Waals surface area contributed by atoms with E-state index in [-0.39, 0.29) is 5.91 Å². The molecule has 0 saturated carbocycles. The number of nitrogens with two attached hydrogens (primary N) is 1. The SMILES string of the molecule is NN1C(=O)C(=Cc2cc(-c3ccc(F)c(F)c3)cs2)SC1=S. The van der Waals surface area contributed by atoms with Gasteiger partial charge in [0.15, 0.2) is 16.0 Å². The largest absolute Gasteiger partial charge is 0.280 e. The Morgan fingerprint density at radius 1 is 1.18 bits per heavy atom. The summed E-state index contributed by atoms with van der Waals surface area (Å²) < 4.78 is 26.5. The van der Waals surface area contributed by atoms with Crippen molar-refractivity contribution in [2.45, 2.75) is 0 Å². The van der Waals surface area contributed by atoms with Gasteiger partial charge in [-0.05, 0) is 40.8 Å². The molecule has 2 N–H and O–H groups in total. The number of hydrogen-bond acceptors (Lipinski definition) is 5. The monoisotopic (exact) mass is 354 g/mol. The second kappa shape index (κ2) is 5.88. The summed E-state index contributed by atoms with van der Waals surface area (Å²) in [6.45, 7) is 0. The maximum Gasteiger partial charge on any atom is 0.280 e. The van der Waals surface area contributed by atoms with Crippen molar-refractivity contribution < 1.29 is 13.6 Å². The first-order valence-electron chi connectivity index (χ1n) is 6.02. The fourth-order valence-electron chi connectivity index (χ4n) is 1.86. The van der Waals surface area contributed by atoms with E-state index in [0.29, 0.717) is 14.8 Å². The molecule has 1 saturated heterocycles. The van der Waals surface area contributed by atoms with Crippen LogP contribution in [0.3, 0.4) is 0 Å². The molecule has 22 heavy (non-hydrogen) atoms. The zero-order valence-electron chi connectivity index (χ0n) is 10.9. The molecule has 1 aliphatic rings. The van der Waals surface area contributed by atoms with Gasteiger partial charge < -0.3 is 0 Å². The molecule has 0 unspecified atom stereocenters. The Kier molecular flexibility index (Phi) is 4.09. The number of thiophene rings is 1. The lowest BCUT2D eigenvalue weighted by Gasteiger charge is -2.02. The molecule has 112 valence electrons. The summed E-state index contributed by atoms with van der Waals surface area (Å²) in [6, 6.07) is 5.52. The Hall–Kier alpha value is -1.61. The Labute approximate surface area is 138 Å². The topological polar surface area (TPSA) is 46.3 Å². The molecule has 0 aliphatic carbocycles. The first kappa shape index (κ1) is 15.3. The number of thiocarbonyl (C=S) groups is 1. The summed E-state index contributed by atoms with van der Waals surface area (Å²) in [5.74, 6) is 3.37. The summed E-state index contributed by atoms with van der Waals surface area (Å²) in [4.78, 5) is 13.1. The molecule has 2 aromatic rings. The van der Waals surface area contributed by atoms with Crippen molar-refractivity contribution in [2.24, 2.45) is 5.84 Å². The molecule has 1 aromatic heterocycles. The van der Waals surface area contributed by atoms with Crippen LogP contribution in [0.2, 0.25) is 0 Å². The van der Waals surface area contributed by atoms with Crippen molar-refractivity contribution >= 4 is 51.6 Å². The lowest BCUT2D eigenvalue weighted by atomic mass is 10.1. The standard InChI is InChI=1S/C14H8F2N2OS3/c15-10-2-1-7(4-11(10)16)8-3-9(21-6-8)5-12-13(19)18(17)14(20)22-12/h1-6H,17H2. The zero-order chi connectivity index (χ0) is 15.9. The summed E-state index contributed by atoms with van der Waals surface area (Å²) in [6.07, 6.45) is 1.68. The predicted molar refractivity (Wildman–Crippen MR) is 88.9 cm³/mol. The molecule has 2 heterocycles. The van der Waals surface area contributed by atoms with E-state index in [0.717, 1.165) is 39.3 Å². The predicted octanol–water partition coefficient (Wildman–Crippen LogP) is 3.77. The molecule has 1 fully saturated rings. The van der Waals surface area contributed by atoms with Crippen LogP contribution in [0.4, 0.5) is 8.78 Å². The summed E-state index contributed by atoms with van der Waals surface area (Å²) in [7, 11) is 0. The number of hydrogen-bond donors (Lipinski definition) is 1. The highest BCUT2D eigenvalue weighted by molar-refractivity contribution is 8.26. The van der Waals surface area contributed by atoms with Gasteiger partial charge in [-0.3, -0.25) is 4.79 Å². The molecular weight excluding hydrogens is 346 g/mol. The average Bonchev–Trinajstić information content (AvgIpc) is 3.04. The van der Waals surface area contributed by atoms with Crippen LogP contribution < -0.4 is 5.84 Å². The van der Waals surface area contributed by atoms with Crippen LogP contribution >= 0.6 is 35.3 Å². The van der Waals surface area contributed by atoms with Gasteiger partial charge in [-0.15, -0.1) is 11.3 Å². The third-order valence-electron chi connectivity index (χ3n) is 2.97. The number of benzene rings is 1. The number of hydrazine groups is 1. The number of thioether (sulfide) groups is 1. The maximum atomic E-state index is 13.3. The van der Waals surface area contributed by atoms with Crippen LogP contribution in [0, 0.1) is 11.6 Å². The second-order valence-electron chi connectivity index (χ2n) is 4.42. The van der Waals surface area contributed by atoms with Gasteiger partial charge in [0, 0.05) is 4.88 Å². The zero-order valence-corrected chi connectivity index (χ0v) is 13.3. The minimum absolute atomic E-state index is 0.300. The Balaban J connectivity index is 1.90. The molecular formula is C14H8F2N2OS3. The fraction of sp³-hybridized carbons (Fsp3) is 0. The highest BCUT2D eigenvalue weighted by Gasteiger charge is 2.29. The van der Waals surface area contributed by atoms with Gasteiger partial charge in [0.25, 0.3) is 5.91 Å². The average molecular weight is 354 g/mol. The molecule has 3 rings (SSSR count). The van der Waals surface area contributed by atoms with Crippen molar-refractivity contribution in [3.05, 3.63) is 51.1 Å². The van der Waals surface area contributed by atoms with E-state index >= 15 is 0 Å². The summed E-state index contributed by atoms with van der Waals surface area (Å²) in [5.41, 5.74) is 1.32. The van der Waals surface area contributed by atoms with E-state index < -0.39 is 11.6 Å². The van der Waals surface area contributed by atoms with E-state index in [1.165, 1.54) is 17.4 Å². The third kappa shape index (κ3) is 2.82. The van der Waals surface area contributed by atoms with Gasteiger partial charge in [-0.2, -0.15) is 0 Å². The molecule has 0 spiro atoms. The van der Waals surface area contributed by atoms with Crippen molar-refractivity contribution in [1.29, 1.82) is 0 Å². The smallest absolute Gasteiger partial charge is 0.267 e. The number of halogens is 2. The van der Waals surface area contributed by atoms with Crippen LogP contribution in [-0.2, 0) is 4.79 Å². The minimum Gasteiger partial charge on any atom is -0.267 e. The summed E-state index contributed by atoms with van der Waals surface area (Å²) >= 11 is 7.46.